The molecule has 1 atom stereocenters. The van der Waals surface area contributed by atoms with Crippen LogP contribution >= 0.6 is 0 Å². The van der Waals surface area contributed by atoms with Crippen molar-refractivity contribution in [2.45, 2.75) is 58.0 Å². The fourth-order valence-corrected chi connectivity index (χ4v) is 4.08. The number of aromatic nitrogens is 1. The molecular weight excluding hydrogens is 418 g/mol. The molecule has 6 heteroatoms. The predicted octanol–water partition coefficient (Wildman–Crippen LogP) is 6.45. The number of carbonyl (C=O) groups is 1. The second-order valence-corrected chi connectivity index (χ2v) is 8.40. The maximum atomic E-state index is 13.2. The van der Waals surface area contributed by atoms with Crippen LogP contribution in [0.4, 0.5) is 0 Å². The van der Waals surface area contributed by atoms with E-state index in [1.54, 1.807) is 19.4 Å². The highest BCUT2D eigenvalue weighted by atomic mass is 16.5. The maximum absolute atomic E-state index is 13.2. The first-order valence-electron chi connectivity index (χ1n) is 11.7. The Balaban J connectivity index is 1.54. The molecule has 0 radical (unpaired) electrons. The lowest BCUT2D eigenvalue weighted by Crippen LogP contribution is -2.12. The molecule has 1 aliphatic carbocycles. The van der Waals surface area contributed by atoms with Gasteiger partial charge in [0.05, 0.1) is 37.0 Å². The highest BCUT2D eigenvalue weighted by Crippen LogP contribution is 2.36. The smallest absolute Gasteiger partial charge is 0.226 e. The number of ketones is 1. The molecule has 4 rings (SSSR count). The number of methoxy groups -OCH3 is 1. The number of Topliss-reactive ketones (excluding diaryl/α,β-unsaturated/α-hetero) is 1. The number of para-hydroxylation sites is 1. The van der Waals surface area contributed by atoms with Crippen molar-refractivity contribution in [3.05, 3.63) is 60.0 Å². The molecule has 0 aliphatic heterocycles. The fourth-order valence-electron chi connectivity index (χ4n) is 4.08. The first-order valence-corrected chi connectivity index (χ1v) is 11.7. The number of rotatable bonds is 10. The van der Waals surface area contributed by atoms with Gasteiger partial charge < -0.3 is 18.6 Å². The van der Waals surface area contributed by atoms with Gasteiger partial charge in [-0.1, -0.05) is 19.1 Å². The van der Waals surface area contributed by atoms with Crippen LogP contribution in [-0.2, 0) is 0 Å². The van der Waals surface area contributed by atoms with E-state index >= 15 is 0 Å². The summed E-state index contributed by atoms with van der Waals surface area (Å²) in [6.07, 6.45) is 7.12. The maximum Gasteiger partial charge on any atom is 0.226 e. The van der Waals surface area contributed by atoms with Crippen molar-refractivity contribution in [3.8, 4) is 28.7 Å². The monoisotopic (exact) mass is 449 g/mol. The number of hydrogen-bond donors (Lipinski definition) is 0. The van der Waals surface area contributed by atoms with E-state index in [1.807, 2.05) is 50.2 Å². The van der Waals surface area contributed by atoms with Crippen molar-refractivity contribution < 1.29 is 23.4 Å². The number of hydrogen-bond acceptors (Lipinski definition) is 6. The van der Waals surface area contributed by atoms with Crippen molar-refractivity contribution >= 4 is 5.78 Å². The van der Waals surface area contributed by atoms with Crippen LogP contribution in [0.25, 0.3) is 11.5 Å². The molecule has 1 saturated carbocycles. The number of nitrogens with zero attached hydrogens (tertiary/aromatic N) is 1. The lowest BCUT2D eigenvalue weighted by Gasteiger charge is -2.16. The standard InChI is InChI=1S/C27H31NO5/c1-4-15-31-23-12-8-7-11-21(23)26(29)18(2)22-17-32-27(28-22)19-13-14-24(30-3)25(16-19)33-20-9-5-6-10-20/h7-8,11-14,16-18,20H,4-6,9-10,15H2,1-3H3. The molecule has 0 N–H and O–H groups in total. The molecule has 1 heterocycles. The summed E-state index contributed by atoms with van der Waals surface area (Å²) in [5.41, 5.74) is 1.91. The van der Waals surface area contributed by atoms with Gasteiger partial charge in [-0.15, -0.1) is 0 Å². The Bertz CT molecular complexity index is 1080. The number of benzene rings is 2. The quantitative estimate of drug-likeness (QED) is 0.331. The van der Waals surface area contributed by atoms with Crippen LogP contribution in [0.5, 0.6) is 17.2 Å². The predicted molar refractivity (Wildman–Crippen MR) is 126 cm³/mol. The van der Waals surface area contributed by atoms with Gasteiger partial charge >= 0.3 is 0 Å². The zero-order valence-corrected chi connectivity index (χ0v) is 19.5. The molecule has 0 spiro atoms. The summed E-state index contributed by atoms with van der Waals surface area (Å²) >= 11 is 0. The number of ether oxygens (including phenoxy) is 3. The minimum Gasteiger partial charge on any atom is -0.493 e. The zero-order chi connectivity index (χ0) is 23.2. The third-order valence-corrected chi connectivity index (χ3v) is 5.98. The topological polar surface area (TPSA) is 70.8 Å². The molecule has 1 aromatic heterocycles. The minimum absolute atomic E-state index is 0.0541. The van der Waals surface area contributed by atoms with Crippen molar-refractivity contribution in [1.29, 1.82) is 0 Å². The van der Waals surface area contributed by atoms with Gasteiger partial charge in [-0.05, 0) is 69.4 Å². The number of carbonyl (C=O) groups excluding carboxylic acids is 1. The van der Waals surface area contributed by atoms with Crippen molar-refractivity contribution in [1.82, 2.24) is 4.98 Å². The molecule has 1 fully saturated rings. The molecule has 0 bridgehead atoms. The van der Waals surface area contributed by atoms with Gasteiger partial charge in [-0.3, -0.25) is 4.79 Å². The van der Waals surface area contributed by atoms with Gasteiger partial charge in [0, 0.05) is 5.56 Å². The second-order valence-electron chi connectivity index (χ2n) is 8.40. The summed E-state index contributed by atoms with van der Waals surface area (Å²) in [6, 6.07) is 13.0. The molecule has 2 aromatic carbocycles. The van der Waals surface area contributed by atoms with E-state index in [2.05, 4.69) is 4.98 Å². The molecular formula is C27H31NO5. The Hall–Kier alpha value is -3.28. The fraction of sp³-hybridized carbons (Fsp3) is 0.407. The molecule has 33 heavy (non-hydrogen) atoms. The zero-order valence-electron chi connectivity index (χ0n) is 19.5. The van der Waals surface area contributed by atoms with Crippen LogP contribution in [0.2, 0.25) is 0 Å². The summed E-state index contributed by atoms with van der Waals surface area (Å²) in [5.74, 6) is 1.89. The summed E-state index contributed by atoms with van der Waals surface area (Å²) in [6.45, 7) is 4.44. The Morgan fingerprint density at radius 1 is 1.12 bits per heavy atom. The molecule has 0 saturated heterocycles. The van der Waals surface area contributed by atoms with Crippen LogP contribution < -0.4 is 14.2 Å². The molecule has 1 aliphatic rings. The van der Waals surface area contributed by atoms with Crippen LogP contribution in [0, 0.1) is 0 Å². The van der Waals surface area contributed by atoms with Crippen LogP contribution in [0.15, 0.2) is 53.1 Å². The lowest BCUT2D eigenvalue weighted by atomic mass is 9.96. The summed E-state index contributed by atoms with van der Waals surface area (Å²) in [7, 11) is 1.63. The molecule has 1 unspecified atom stereocenters. The average molecular weight is 450 g/mol. The van der Waals surface area contributed by atoms with Crippen LogP contribution in [0.1, 0.15) is 67.9 Å². The largest absolute Gasteiger partial charge is 0.493 e. The molecule has 6 nitrogen and oxygen atoms in total. The van der Waals surface area contributed by atoms with Gasteiger partial charge in [0.1, 0.15) is 12.0 Å². The van der Waals surface area contributed by atoms with Gasteiger partial charge in [-0.25, -0.2) is 4.98 Å². The highest BCUT2D eigenvalue weighted by molar-refractivity contribution is 6.02. The molecule has 0 amide bonds. The van der Waals surface area contributed by atoms with Gasteiger partial charge in [-0.2, -0.15) is 0 Å². The SMILES string of the molecule is CCCOc1ccccc1C(=O)C(C)c1coc(-c2ccc(OC)c(OC3CCCC3)c2)n1. The van der Waals surface area contributed by atoms with Crippen LogP contribution in [0.3, 0.4) is 0 Å². The number of oxazole rings is 1. The van der Waals surface area contributed by atoms with E-state index < -0.39 is 5.92 Å². The average Bonchev–Trinajstić information content (AvgIpc) is 3.54. The van der Waals surface area contributed by atoms with E-state index in [9.17, 15) is 4.79 Å². The Kier molecular flexibility index (Phi) is 7.33. The van der Waals surface area contributed by atoms with E-state index in [4.69, 9.17) is 18.6 Å². The Morgan fingerprint density at radius 2 is 1.91 bits per heavy atom. The normalized spacial score (nSPS) is 14.8. The first-order chi connectivity index (χ1) is 16.1. The van der Waals surface area contributed by atoms with Gasteiger partial charge in [0.25, 0.3) is 0 Å². The van der Waals surface area contributed by atoms with Crippen molar-refractivity contribution in [2.75, 3.05) is 13.7 Å². The van der Waals surface area contributed by atoms with Gasteiger partial charge in [0.2, 0.25) is 5.89 Å². The second kappa shape index (κ2) is 10.6. The minimum atomic E-state index is -0.471. The summed E-state index contributed by atoms with van der Waals surface area (Å²) < 4.78 is 23.2. The van der Waals surface area contributed by atoms with Crippen LogP contribution in [-0.4, -0.2) is 30.6 Å². The van der Waals surface area contributed by atoms with E-state index in [0.717, 1.165) is 24.8 Å². The lowest BCUT2D eigenvalue weighted by molar-refractivity contribution is 0.0960. The third kappa shape index (κ3) is 5.21. The van der Waals surface area contributed by atoms with E-state index in [-0.39, 0.29) is 11.9 Å². The first kappa shape index (κ1) is 22.9. The summed E-state index contributed by atoms with van der Waals surface area (Å²) in [5, 5.41) is 0. The highest BCUT2D eigenvalue weighted by Gasteiger charge is 2.24. The van der Waals surface area contributed by atoms with Gasteiger partial charge in [0.15, 0.2) is 17.3 Å². The molecule has 174 valence electrons. The third-order valence-electron chi connectivity index (χ3n) is 5.98. The van der Waals surface area contributed by atoms with Crippen molar-refractivity contribution in [3.63, 3.8) is 0 Å². The molecule has 3 aromatic rings. The Morgan fingerprint density at radius 3 is 2.67 bits per heavy atom. The van der Waals surface area contributed by atoms with E-state index in [0.29, 0.717) is 41.0 Å². The Labute approximate surface area is 194 Å². The summed E-state index contributed by atoms with van der Waals surface area (Å²) in [4.78, 5) is 17.8. The van der Waals surface area contributed by atoms with E-state index in [1.165, 1.54) is 12.8 Å². The van der Waals surface area contributed by atoms with Crippen molar-refractivity contribution in [2.24, 2.45) is 0 Å².